The average molecular weight is 619 g/mol. The van der Waals surface area contributed by atoms with Gasteiger partial charge in [0.15, 0.2) is 12.3 Å². The van der Waals surface area contributed by atoms with Crippen LogP contribution in [0.25, 0.3) is 17.2 Å². The first kappa shape index (κ1) is 29.5. The fourth-order valence-electron chi connectivity index (χ4n) is 4.15. The molecule has 2 heterocycles. The Bertz CT molecular complexity index is 1550. The molecule has 0 saturated heterocycles. The molecule has 0 fully saturated rings. The largest absolute Gasteiger partial charge is 0.439 e. The van der Waals surface area contributed by atoms with E-state index in [-0.39, 0.29) is 19.6 Å². The van der Waals surface area contributed by atoms with Crippen LogP contribution in [0.4, 0.5) is 5.69 Å². The predicted octanol–water partition coefficient (Wildman–Crippen LogP) is 5.38. The number of hydrogen-bond donors (Lipinski definition) is 2. The lowest BCUT2D eigenvalue weighted by atomic mass is 10.1. The molecular formula is C25H27Cl2N2O8S2+. The van der Waals surface area contributed by atoms with E-state index in [1.807, 2.05) is 28.5 Å². The van der Waals surface area contributed by atoms with Gasteiger partial charge in [-0.3, -0.25) is 13.3 Å². The van der Waals surface area contributed by atoms with Gasteiger partial charge >= 0.3 is 17.3 Å². The summed E-state index contributed by atoms with van der Waals surface area (Å²) in [4.78, 5) is 1.91. The number of allylic oxidation sites excluding steroid dienone is 2. The summed E-state index contributed by atoms with van der Waals surface area (Å²) < 4.78 is 70.2. The lowest BCUT2D eigenvalue weighted by molar-refractivity contribution is -0.677. The maximum atomic E-state index is 11.3. The van der Waals surface area contributed by atoms with E-state index < -0.39 is 27.2 Å². The smallest absolute Gasteiger partial charge is 0.374 e. The predicted molar refractivity (Wildman–Crippen MR) is 150 cm³/mol. The van der Waals surface area contributed by atoms with Crippen LogP contribution in [0.15, 0.2) is 58.3 Å². The topological polar surface area (TPSA) is 130 Å². The fourth-order valence-corrected chi connectivity index (χ4v) is 5.23. The molecule has 210 valence electrons. The molecule has 1 aliphatic heterocycles. The molecule has 0 aliphatic carbocycles. The van der Waals surface area contributed by atoms with Crippen molar-refractivity contribution < 1.29 is 39.6 Å². The second kappa shape index (κ2) is 12.8. The third-order valence-electron chi connectivity index (χ3n) is 5.90. The summed E-state index contributed by atoms with van der Waals surface area (Å²) in [6.45, 7) is 2.75. The zero-order valence-electron chi connectivity index (χ0n) is 20.9. The van der Waals surface area contributed by atoms with E-state index in [0.29, 0.717) is 58.1 Å². The van der Waals surface area contributed by atoms with E-state index in [0.717, 1.165) is 11.3 Å². The summed E-state index contributed by atoms with van der Waals surface area (Å²) in [5.41, 5.74) is 2.86. The SMILES string of the molecule is CCC(=Cc1oc2ccc(Cl)cc2[n+]1CCCS(=O)(=O)O)C=C1Oc2ccc(Cl)cc2N1CCCOS(=O)O. The van der Waals surface area contributed by atoms with E-state index >= 15 is 0 Å². The fraction of sp³-hybridized carbons (Fsp3) is 0.320. The number of aromatic nitrogens is 1. The number of nitrogens with zero attached hydrogens (tertiary/aromatic N) is 2. The molecule has 1 aliphatic rings. The Labute approximate surface area is 238 Å². The first-order valence-electron chi connectivity index (χ1n) is 12.0. The summed E-state index contributed by atoms with van der Waals surface area (Å²) in [5, 5.41) is 1.04. The Balaban J connectivity index is 1.68. The third-order valence-corrected chi connectivity index (χ3v) is 7.55. The summed E-state index contributed by atoms with van der Waals surface area (Å²) in [6, 6.07) is 10.5. The highest BCUT2D eigenvalue weighted by atomic mass is 35.5. The van der Waals surface area contributed by atoms with Gasteiger partial charge in [0.05, 0.1) is 24.1 Å². The third kappa shape index (κ3) is 7.82. The summed E-state index contributed by atoms with van der Waals surface area (Å²) in [7, 11) is -4.11. The average Bonchev–Trinajstić information content (AvgIpc) is 3.37. The van der Waals surface area contributed by atoms with Crippen LogP contribution < -0.4 is 14.2 Å². The number of fused-ring (bicyclic) bond motifs is 2. The number of benzene rings is 2. The van der Waals surface area contributed by atoms with Crippen molar-refractivity contribution in [1.29, 1.82) is 0 Å². The van der Waals surface area contributed by atoms with Gasteiger partial charge in [-0.1, -0.05) is 30.1 Å². The minimum atomic E-state index is -4.11. The minimum Gasteiger partial charge on any atom is -0.439 e. The number of halogens is 2. The van der Waals surface area contributed by atoms with Crippen LogP contribution in [-0.2, 0) is 32.2 Å². The normalized spacial score (nSPS) is 15.7. The zero-order chi connectivity index (χ0) is 28.2. The number of aryl methyl sites for hydroxylation is 1. The van der Waals surface area contributed by atoms with Crippen LogP contribution in [0.3, 0.4) is 0 Å². The Morgan fingerprint density at radius 3 is 2.64 bits per heavy atom. The van der Waals surface area contributed by atoms with Crippen LogP contribution in [0.1, 0.15) is 32.1 Å². The molecule has 10 nitrogen and oxygen atoms in total. The molecule has 39 heavy (non-hydrogen) atoms. The highest BCUT2D eigenvalue weighted by molar-refractivity contribution is 7.85. The van der Waals surface area contributed by atoms with Crippen LogP contribution in [0.5, 0.6) is 5.75 Å². The maximum absolute atomic E-state index is 11.3. The standard InChI is InChI=1S/C25H26Cl2N2O8S2/c1-2-17(13-24-28(9-3-11-35-38(30)31)20-15-18(26)5-7-22(20)36-24)14-25-29(10-4-12-39(32,33)34)21-16-19(27)6-8-23(21)37-25/h5-8,13-16H,2-4,9-12H2,1H3,(H-,30,31,32,33,34)/p+1. The molecule has 14 heteroatoms. The van der Waals surface area contributed by atoms with Gasteiger partial charge in [0, 0.05) is 35.2 Å². The van der Waals surface area contributed by atoms with E-state index in [1.165, 1.54) is 0 Å². The first-order valence-corrected chi connectivity index (χ1v) is 15.4. The highest BCUT2D eigenvalue weighted by Gasteiger charge is 2.27. The quantitative estimate of drug-likeness (QED) is 0.119. The Kier molecular flexibility index (Phi) is 9.70. The van der Waals surface area contributed by atoms with E-state index in [2.05, 4.69) is 0 Å². The number of hydrogen-bond acceptors (Lipinski definition) is 7. The van der Waals surface area contributed by atoms with Crippen molar-refractivity contribution in [2.24, 2.45) is 0 Å². The molecule has 2 N–H and O–H groups in total. The van der Waals surface area contributed by atoms with Gasteiger partial charge in [0.25, 0.3) is 15.6 Å². The van der Waals surface area contributed by atoms with E-state index in [1.54, 1.807) is 36.4 Å². The Morgan fingerprint density at radius 2 is 1.92 bits per heavy atom. The lowest BCUT2D eigenvalue weighted by Crippen LogP contribution is -2.36. The van der Waals surface area contributed by atoms with E-state index in [4.69, 9.17) is 41.1 Å². The summed E-state index contributed by atoms with van der Waals surface area (Å²) in [5.74, 6) is 1.23. The van der Waals surface area contributed by atoms with Crippen molar-refractivity contribution in [3.8, 4) is 5.75 Å². The molecule has 2 aromatic carbocycles. The monoisotopic (exact) mass is 617 g/mol. The van der Waals surface area contributed by atoms with Gasteiger partial charge in [0.1, 0.15) is 0 Å². The van der Waals surface area contributed by atoms with Gasteiger partial charge in [-0.05, 0) is 48.7 Å². The zero-order valence-corrected chi connectivity index (χ0v) is 24.0. The molecule has 0 saturated carbocycles. The Morgan fingerprint density at radius 1 is 1.18 bits per heavy atom. The van der Waals surface area contributed by atoms with Gasteiger partial charge in [0.2, 0.25) is 11.5 Å². The summed E-state index contributed by atoms with van der Waals surface area (Å²) in [6.07, 6.45) is 4.92. The van der Waals surface area contributed by atoms with Crippen LogP contribution in [0, 0.1) is 0 Å². The molecule has 0 bridgehead atoms. The molecular weight excluding hydrogens is 591 g/mol. The lowest BCUT2D eigenvalue weighted by Gasteiger charge is -2.18. The first-order chi connectivity index (χ1) is 18.5. The van der Waals surface area contributed by atoms with Crippen molar-refractivity contribution in [3.05, 3.63) is 69.9 Å². The van der Waals surface area contributed by atoms with Crippen molar-refractivity contribution in [2.45, 2.75) is 32.7 Å². The van der Waals surface area contributed by atoms with E-state index in [9.17, 15) is 17.2 Å². The van der Waals surface area contributed by atoms with Crippen LogP contribution >= 0.6 is 23.2 Å². The van der Waals surface area contributed by atoms with Crippen LogP contribution in [0.2, 0.25) is 10.0 Å². The number of ether oxygens (including phenoxy) is 1. The molecule has 0 spiro atoms. The summed E-state index contributed by atoms with van der Waals surface area (Å²) >= 11 is 10.1. The van der Waals surface area contributed by atoms with Crippen molar-refractivity contribution in [2.75, 3.05) is 23.8 Å². The van der Waals surface area contributed by atoms with Gasteiger partial charge in [-0.15, -0.1) is 0 Å². The molecule has 0 amide bonds. The molecule has 0 radical (unpaired) electrons. The number of anilines is 1. The molecule has 3 aromatic rings. The van der Waals surface area contributed by atoms with Crippen molar-refractivity contribution in [1.82, 2.24) is 0 Å². The molecule has 1 atom stereocenters. The number of oxazole rings is 1. The van der Waals surface area contributed by atoms with Crippen molar-refractivity contribution >= 4 is 67.5 Å². The van der Waals surface area contributed by atoms with Crippen molar-refractivity contribution in [3.63, 3.8) is 0 Å². The van der Waals surface area contributed by atoms with Gasteiger partial charge in [-0.25, -0.2) is 0 Å². The second-order valence-corrected chi connectivity index (χ2v) is 11.8. The molecule has 1 aromatic heterocycles. The van der Waals surface area contributed by atoms with Gasteiger partial charge < -0.3 is 14.1 Å². The highest BCUT2D eigenvalue weighted by Crippen LogP contribution is 2.41. The second-order valence-electron chi connectivity index (χ2n) is 8.66. The van der Waals surface area contributed by atoms with Crippen LogP contribution in [-0.4, -0.2) is 40.6 Å². The number of rotatable bonds is 12. The molecule has 4 rings (SSSR count). The maximum Gasteiger partial charge on any atom is 0.374 e. The Hall–Kier alpha value is -2.45. The van der Waals surface area contributed by atoms with Gasteiger partial charge in [-0.2, -0.15) is 17.2 Å². The molecule has 1 unspecified atom stereocenters. The minimum absolute atomic E-state index is 0.0738.